The Hall–Kier alpha value is -1.73. The van der Waals surface area contributed by atoms with Crippen LogP contribution in [0.4, 0.5) is 15.0 Å². The second kappa shape index (κ2) is 9.54. The van der Waals surface area contributed by atoms with Crippen LogP contribution in [0.5, 0.6) is 0 Å². The summed E-state index contributed by atoms with van der Waals surface area (Å²) >= 11 is 0. The fourth-order valence-electron chi connectivity index (χ4n) is 2.86. The van der Waals surface area contributed by atoms with Crippen LogP contribution in [0.3, 0.4) is 0 Å². The van der Waals surface area contributed by atoms with Crippen molar-refractivity contribution < 1.29 is 19.0 Å². The number of carboxylic acid groups (broad SMARTS) is 1. The molecular formula is C17H26FN3O3. The van der Waals surface area contributed by atoms with Crippen molar-refractivity contribution in [2.45, 2.75) is 38.3 Å². The van der Waals surface area contributed by atoms with Crippen molar-refractivity contribution in [3.05, 3.63) is 23.4 Å². The molecule has 2 N–H and O–H groups in total. The van der Waals surface area contributed by atoms with Crippen molar-refractivity contribution in [2.24, 2.45) is 0 Å². The van der Waals surface area contributed by atoms with Crippen LogP contribution in [0.25, 0.3) is 0 Å². The Morgan fingerprint density at radius 1 is 1.50 bits per heavy atom. The number of hydrogen-bond donors (Lipinski definition) is 2. The standard InChI is InChI=1S/C17H26FN3O3/c1-24-12-14(18)11-19-9-3-2-6-15-8-7-13-5-4-10-21(17(22)23)16(13)20-15/h7-8,14,19H,2-6,9-12H2,1H3,(H,22,23)/t14-/m0/s1. The Bertz CT molecular complexity index is 542. The number of fused-ring (bicyclic) bond motifs is 1. The maximum atomic E-state index is 13.2. The Labute approximate surface area is 142 Å². The van der Waals surface area contributed by atoms with Crippen LogP contribution in [-0.4, -0.2) is 55.7 Å². The molecule has 0 saturated heterocycles. The molecule has 1 aliphatic rings. The number of anilines is 1. The molecule has 0 aliphatic carbocycles. The lowest BCUT2D eigenvalue weighted by Crippen LogP contribution is -2.35. The van der Waals surface area contributed by atoms with E-state index in [0.29, 0.717) is 18.9 Å². The lowest BCUT2D eigenvalue weighted by molar-refractivity contribution is 0.123. The first-order chi connectivity index (χ1) is 11.6. The lowest BCUT2D eigenvalue weighted by Gasteiger charge is -2.26. The summed E-state index contributed by atoms with van der Waals surface area (Å²) in [5, 5.41) is 12.3. The zero-order valence-corrected chi connectivity index (χ0v) is 14.1. The first-order valence-corrected chi connectivity index (χ1v) is 8.44. The van der Waals surface area contributed by atoms with Gasteiger partial charge in [-0.15, -0.1) is 0 Å². The molecule has 0 saturated carbocycles. The molecule has 1 atom stereocenters. The molecule has 1 aromatic heterocycles. The van der Waals surface area contributed by atoms with E-state index in [0.717, 1.165) is 49.9 Å². The molecule has 0 spiro atoms. The summed E-state index contributed by atoms with van der Waals surface area (Å²) in [7, 11) is 1.49. The van der Waals surface area contributed by atoms with E-state index in [9.17, 15) is 14.3 Å². The van der Waals surface area contributed by atoms with Crippen LogP contribution in [0, 0.1) is 0 Å². The minimum absolute atomic E-state index is 0.117. The molecule has 0 fully saturated rings. The first-order valence-electron chi connectivity index (χ1n) is 8.44. The van der Waals surface area contributed by atoms with Gasteiger partial charge in [0, 0.05) is 25.9 Å². The molecule has 0 unspecified atom stereocenters. The van der Waals surface area contributed by atoms with E-state index >= 15 is 0 Å². The molecule has 0 radical (unpaired) electrons. The second-order valence-electron chi connectivity index (χ2n) is 6.04. The number of carbonyl (C=O) groups is 1. The SMILES string of the molecule is COC[C@@H](F)CNCCCCc1ccc2c(n1)N(C(=O)O)CCC2. The third kappa shape index (κ3) is 5.42. The van der Waals surface area contributed by atoms with Crippen molar-refractivity contribution in [1.82, 2.24) is 10.3 Å². The molecular weight excluding hydrogens is 313 g/mol. The van der Waals surface area contributed by atoms with Gasteiger partial charge in [-0.3, -0.25) is 4.90 Å². The van der Waals surface area contributed by atoms with Gasteiger partial charge in [0.15, 0.2) is 0 Å². The average Bonchev–Trinajstić information content (AvgIpc) is 2.57. The zero-order valence-electron chi connectivity index (χ0n) is 14.1. The fraction of sp³-hybridized carbons (Fsp3) is 0.647. The van der Waals surface area contributed by atoms with Crippen LogP contribution in [0.15, 0.2) is 12.1 Å². The van der Waals surface area contributed by atoms with E-state index in [1.54, 1.807) is 0 Å². The number of unbranched alkanes of at least 4 members (excludes halogenated alkanes) is 1. The van der Waals surface area contributed by atoms with Crippen LogP contribution in [0.2, 0.25) is 0 Å². The van der Waals surface area contributed by atoms with Gasteiger partial charge in [-0.1, -0.05) is 6.07 Å². The number of nitrogens with one attached hydrogen (secondary N) is 1. The number of amides is 1. The highest BCUT2D eigenvalue weighted by molar-refractivity contribution is 5.86. The van der Waals surface area contributed by atoms with Gasteiger partial charge in [-0.05, 0) is 50.3 Å². The number of alkyl halides is 1. The summed E-state index contributed by atoms with van der Waals surface area (Å²) in [5.74, 6) is 0.587. The van der Waals surface area contributed by atoms with Crippen molar-refractivity contribution in [3.8, 4) is 0 Å². The van der Waals surface area contributed by atoms with Gasteiger partial charge in [0.2, 0.25) is 0 Å². The zero-order chi connectivity index (χ0) is 17.4. The summed E-state index contributed by atoms with van der Waals surface area (Å²) in [6.45, 7) is 1.68. The molecule has 2 rings (SSSR count). The van der Waals surface area contributed by atoms with Gasteiger partial charge in [0.25, 0.3) is 0 Å². The summed E-state index contributed by atoms with van der Waals surface area (Å²) in [6, 6.07) is 3.97. The van der Waals surface area contributed by atoms with Crippen LogP contribution < -0.4 is 10.2 Å². The molecule has 1 aromatic rings. The van der Waals surface area contributed by atoms with Gasteiger partial charge < -0.3 is 15.2 Å². The lowest BCUT2D eigenvalue weighted by atomic mass is 10.0. The Balaban J connectivity index is 1.76. The number of halogens is 1. The number of hydrogen-bond acceptors (Lipinski definition) is 4. The van der Waals surface area contributed by atoms with Crippen LogP contribution >= 0.6 is 0 Å². The van der Waals surface area contributed by atoms with Crippen LogP contribution in [-0.2, 0) is 17.6 Å². The Morgan fingerprint density at radius 3 is 3.08 bits per heavy atom. The van der Waals surface area contributed by atoms with Gasteiger partial charge in [0.1, 0.15) is 12.0 Å². The van der Waals surface area contributed by atoms with E-state index in [2.05, 4.69) is 10.3 Å². The average molecular weight is 339 g/mol. The minimum atomic E-state index is -0.973. The largest absolute Gasteiger partial charge is 0.465 e. The monoisotopic (exact) mass is 339 g/mol. The van der Waals surface area contributed by atoms with Gasteiger partial charge in [-0.25, -0.2) is 14.2 Å². The second-order valence-corrected chi connectivity index (χ2v) is 6.04. The van der Waals surface area contributed by atoms with E-state index in [-0.39, 0.29) is 6.61 Å². The number of nitrogens with zero attached hydrogens (tertiary/aromatic N) is 2. The normalized spacial score (nSPS) is 15.2. The summed E-state index contributed by atoms with van der Waals surface area (Å²) in [6.07, 6.45) is 2.43. The first kappa shape index (κ1) is 18.6. The van der Waals surface area contributed by atoms with Crippen molar-refractivity contribution >= 4 is 11.9 Å². The molecule has 2 heterocycles. The highest BCUT2D eigenvalue weighted by Gasteiger charge is 2.23. The molecule has 6 nitrogen and oxygen atoms in total. The number of aryl methyl sites for hydroxylation is 2. The predicted molar refractivity (Wildman–Crippen MR) is 90.5 cm³/mol. The minimum Gasteiger partial charge on any atom is -0.465 e. The molecule has 24 heavy (non-hydrogen) atoms. The molecule has 0 aromatic carbocycles. The number of methoxy groups -OCH3 is 1. The van der Waals surface area contributed by atoms with Crippen molar-refractivity contribution in [2.75, 3.05) is 38.3 Å². The Kier molecular flexibility index (Phi) is 7.39. The molecule has 1 amide bonds. The Morgan fingerprint density at radius 2 is 2.33 bits per heavy atom. The van der Waals surface area contributed by atoms with Crippen LogP contribution in [0.1, 0.15) is 30.5 Å². The van der Waals surface area contributed by atoms with Crippen molar-refractivity contribution in [3.63, 3.8) is 0 Å². The number of pyridine rings is 1. The van der Waals surface area contributed by atoms with Crippen molar-refractivity contribution in [1.29, 1.82) is 0 Å². The fourth-order valence-corrected chi connectivity index (χ4v) is 2.86. The molecule has 0 bridgehead atoms. The smallest absolute Gasteiger partial charge is 0.413 e. The highest BCUT2D eigenvalue weighted by Crippen LogP contribution is 2.25. The summed E-state index contributed by atoms with van der Waals surface area (Å²) in [4.78, 5) is 17.2. The molecule has 7 heteroatoms. The predicted octanol–water partition coefficient (Wildman–Crippen LogP) is 2.41. The van der Waals surface area contributed by atoms with Gasteiger partial charge >= 0.3 is 6.09 Å². The number of aromatic nitrogens is 1. The molecule has 134 valence electrons. The quantitative estimate of drug-likeness (QED) is 0.676. The van der Waals surface area contributed by atoms with Gasteiger partial charge in [0.05, 0.1) is 6.61 Å². The number of rotatable bonds is 9. The van der Waals surface area contributed by atoms with E-state index in [4.69, 9.17) is 4.74 Å². The van der Waals surface area contributed by atoms with E-state index in [1.165, 1.54) is 12.0 Å². The third-order valence-electron chi connectivity index (χ3n) is 4.08. The third-order valence-corrected chi connectivity index (χ3v) is 4.08. The summed E-state index contributed by atoms with van der Waals surface area (Å²) in [5.41, 5.74) is 1.91. The maximum absolute atomic E-state index is 13.2. The maximum Gasteiger partial charge on any atom is 0.413 e. The topological polar surface area (TPSA) is 74.7 Å². The van der Waals surface area contributed by atoms with E-state index in [1.807, 2.05) is 12.1 Å². The summed E-state index contributed by atoms with van der Waals surface area (Å²) < 4.78 is 17.9. The van der Waals surface area contributed by atoms with E-state index < -0.39 is 12.3 Å². The number of ether oxygens (including phenoxy) is 1. The molecule has 1 aliphatic heterocycles. The highest BCUT2D eigenvalue weighted by atomic mass is 19.1. The van der Waals surface area contributed by atoms with Gasteiger partial charge in [-0.2, -0.15) is 0 Å².